The van der Waals surface area contributed by atoms with Gasteiger partial charge in [0.05, 0.1) is 5.69 Å². The van der Waals surface area contributed by atoms with E-state index in [9.17, 15) is 0 Å². The molecule has 2 rings (SSSR count). The van der Waals surface area contributed by atoms with Crippen molar-refractivity contribution < 1.29 is 0 Å². The van der Waals surface area contributed by atoms with Gasteiger partial charge >= 0.3 is 0 Å². The van der Waals surface area contributed by atoms with Crippen molar-refractivity contribution in [1.29, 1.82) is 0 Å². The largest absolute Gasteiger partial charge is 0.371 e. The molecule has 0 saturated heterocycles. The fourth-order valence-corrected chi connectivity index (χ4v) is 1.62. The van der Waals surface area contributed by atoms with E-state index in [1.54, 1.807) is 0 Å². The fourth-order valence-electron chi connectivity index (χ4n) is 1.49. The molecule has 0 atom stereocenters. The molecule has 0 aliphatic heterocycles. The topological polar surface area (TPSA) is 37.8 Å². The molecule has 16 heavy (non-hydrogen) atoms. The molecule has 0 radical (unpaired) electrons. The highest BCUT2D eigenvalue weighted by molar-refractivity contribution is 6.30. The molecule has 0 spiro atoms. The fraction of sp³-hybridized carbons (Fsp3) is 0.167. The molecule has 1 N–H and O–H groups in total. The van der Waals surface area contributed by atoms with Crippen molar-refractivity contribution in [1.82, 2.24) is 10.2 Å². The van der Waals surface area contributed by atoms with Gasteiger partial charge in [0.25, 0.3) is 0 Å². The third-order valence-corrected chi connectivity index (χ3v) is 2.61. The second-order valence-electron chi connectivity index (χ2n) is 3.52. The first-order chi connectivity index (χ1) is 7.70. The van der Waals surface area contributed by atoms with Gasteiger partial charge in [-0.2, -0.15) is 0 Å². The van der Waals surface area contributed by atoms with Crippen LogP contribution in [0.25, 0.3) is 11.3 Å². The Balaban J connectivity index is 2.41. The molecular formula is C12H12ClN3. The minimum atomic E-state index is 0.722. The molecule has 0 fully saturated rings. The maximum absolute atomic E-state index is 5.83. The first kappa shape index (κ1) is 10.9. The minimum absolute atomic E-state index is 0.722. The van der Waals surface area contributed by atoms with Crippen LogP contribution in [0.3, 0.4) is 0 Å². The molecule has 0 saturated carbocycles. The number of nitrogens with one attached hydrogen (secondary N) is 1. The molecule has 82 valence electrons. The highest BCUT2D eigenvalue weighted by atomic mass is 35.5. The lowest BCUT2D eigenvalue weighted by molar-refractivity contribution is 1.02. The summed E-state index contributed by atoms with van der Waals surface area (Å²) in [7, 11) is 1.83. The third-order valence-electron chi connectivity index (χ3n) is 2.36. The number of halogens is 1. The second-order valence-corrected chi connectivity index (χ2v) is 3.95. The zero-order valence-corrected chi connectivity index (χ0v) is 9.92. The lowest BCUT2D eigenvalue weighted by Gasteiger charge is -2.05. The Morgan fingerprint density at radius 2 is 1.81 bits per heavy atom. The molecule has 0 aliphatic carbocycles. The normalized spacial score (nSPS) is 10.2. The number of aryl methyl sites for hydroxylation is 1. The first-order valence-corrected chi connectivity index (χ1v) is 5.36. The predicted octanol–water partition coefficient (Wildman–Crippen LogP) is 3.15. The van der Waals surface area contributed by atoms with Crippen LogP contribution in [0.4, 0.5) is 5.82 Å². The van der Waals surface area contributed by atoms with E-state index in [0.717, 1.165) is 27.7 Å². The Labute approximate surface area is 99.5 Å². The number of rotatable bonds is 2. The van der Waals surface area contributed by atoms with Gasteiger partial charge < -0.3 is 5.32 Å². The number of nitrogens with zero attached hydrogens (tertiary/aromatic N) is 2. The van der Waals surface area contributed by atoms with Gasteiger partial charge in [0.2, 0.25) is 0 Å². The summed E-state index contributed by atoms with van der Waals surface area (Å²) in [5.41, 5.74) is 2.94. The summed E-state index contributed by atoms with van der Waals surface area (Å²) < 4.78 is 0. The second kappa shape index (κ2) is 4.49. The number of hydrogen-bond donors (Lipinski definition) is 1. The van der Waals surface area contributed by atoms with E-state index in [1.165, 1.54) is 0 Å². The summed E-state index contributed by atoms with van der Waals surface area (Å²) in [6, 6.07) is 9.57. The maximum atomic E-state index is 5.83. The Bertz CT molecular complexity index is 494. The van der Waals surface area contributed by atoms with Crippen molar-refractivity contribution in [3.05, 3.63) is 40.9 Å². The van der Waals surface area contributed by atoms with Crippen molar-refractivity contribution in [2.45, 2.75) is 6.92 Å². The quantitative estimate of drug-likeness (QED) is 0.866. The minimum Gasteiger partial charge on any atom is -0.371 e. The summed E-state index contributed by atoms with van der Waals surface area (Å²) in [4.78, 5) is 0. The van der Waals surface area contributed by atoms with Crippen molar-refractivity contribution in [3.8, 4) is 11.3 Å². The summed E-state index contributed by atoms with van der Waals surface area (Å²) in [5, 5.41) is 12.0. The van der Waals surface area contributed by atoms with E-state index in [1.807, 2.05) is 44.3 Å². The van der Waals surface area contributed by atoms with Crippen molar-refractivity contribution in [2.24, 2.45) is 0 Å². The maximum Gasteiger partial charge on any atom is 0.151 e. The molecule has 2 aromatic rings. The van der Waals surface area contributed by atoms with Crippen LogP contribution in [0.15, 0.2) is 30.3 Å². The molecule has 0 aliphatic rings. The van der Waals surface area contributed by atoms with Gasteiger partial charge in [-0.1, -0.05) is 23.7 Å². The zero-order valence-electron chi connectivity index (χ0n) is 9.16. The molecule has 0 amide bonds. The molecule has 1 aromatic heterocycles. The Hall–Kier alpha value is -1.61. The summed E-state index contributed by atoms with van der Waals surface area (Å²) in [6.07, 6.45) is 0. The van der Waals surface area contributed by atoms with Crippen LogP contribution in [0.1, 0.15) is 5.56 Å². The van der Waals surface area contributed by atoms with Gasteiger partial charge in [-0.05, 0) is 30.7 Å². The number of aromatic nitrogens is 2. The van der Waals surface area contributed by atoms with E-state index >= 15 is 0 Å². The van der Waals surface area contributed by atoms with Gasteiger partial charge in [-0.15, -0.1) is 10.2 Å². The Kier molecular flexibility index (Phi) is 3.06. The number of anilines is 1. The van der Waals surface area contributed by atoms with E-state index in [-0.39, 0.29) is 0 Å². The highest BCUT2D eigenvalue weighted by Crippen LogP contribution is 2.21. The first-order valence-electron chi connectivity index (χ1n) is 4.98. The van der Waals surface area contributed by atoms with Gasteiger partial charge in [0, 0.05) is 17.6 Å². The number of benzene rings is 1. The van der Waals surface area contributed by atoms with E-state index in [0.29, 0.717) is 0 Å². The SMILES string of the molecule is CNc1nnc(-c2ccc(Cl)cc2)cc1C. The number of hydrogen-bond acceptors (Lipinski definition) is 3. The van der Waals surface area contributed by atoms with Gasteiger partial charge in [-0.25, -0.2) is 0 Å². The van der Waals surface area contributed by atoms with Crippen molar-refractivity contribution >= 4 is 17.4 Å². The summed E-state index contributed by atoms with van der Waals surface area (Å²) in [6.45, 7) is 2.00. The zero-order chi connectivity index (χ0) is 11.5. The molecule has 3 nitrogen and oxygen atoms in total. The summed E-state index contributed by atoms with van der Waals surface area (Å²) >= 11 is 5.83. The van der Waals surface area contributed by atoms with E-state index < -0.39 is 0 Å². The Morgan fingerprint density at radius 3 is 2.38 bits per heavy atom. The summed E-state index contributed by atoms with van der Waals surface area (Å²) in [5.74, 6) is 0.803. The van der Waals surface area contributed by atoms with Gasteiger partial charge in [0.1, 0.15) is 0 Å². The van der Waals surface area contributed by atoms with Crippen LogP contribution >= 0.6 is 11.6 Å². The lowest BCUT2D eigenvalue weighted by atomic mass is 10.1. The predicted molar refractivity (Wildman–Crippen MR) is 66.8 cm³/mol. The van der Waals surface area contributed by atoms with Crippen LogP contribution in [-0.4, -0.2) is 17.2 Å². The molecule has 1 aromatic carbocycles. The van der Waals surface area contributed by atoms with Crippen LogP contribution in [-0.2, 0) is 0 Å². The van der Waals surface area contributed by atoms with Crippen LogP contribution in [0.2, 0.25) is 5.02 Å². The third kappa shape index (κ3) is 2.14. The molecule has 0 bridgehead atoms. The van der Waals surface area contributed by atoms with E-state index in [4.69, 9.17) is 11.6 Å². The van der Waals surface area contributed by atoms with Gasteiger partial charge in [0.15, 0.2) is 5.82 Å². The Morgan fingerprint density at radius 1 is 1.12 bits per heavy atom. The van der Waals surface area contributed by atoms with Gasteiger partial charge in [-0.3, -0.25) is 0 Å². The standard InChI is InChI=1S/C12H12ClN3/c1-8-7-11(15-16-12(8)14-2)9-3-5-10(13)6-4-9/h3-7H,1-2H3,(H,14,16). The van der Waals surface area contributed by atoms with Crippen molar-refractivity contribution in [2.75, 3.05) is 12.4 Å². The molecule has 4 heteroatoms. The smallest absolute Gasteiger partial charge is 0.151 e. The monoisotopic (exact) mass is 233 g/mol. The average molecular weight is 234 g/mol. The molecule has 0 unspecified atom stereocenters. The highest BCUT2D eigenvalue weighted by Gasteiger charge is 2.03. The lowest BCUT2D eigenvalue weighted by Crippen LogP contribution is -1.98. The van der Waals surface area contributed by atoms with Crippen molar-refractivity contribution in [3.63, 3.8) is 0 Å². The van der Waals surface area contributed by atoms with E-state index in [2.05, 4.69) is 15.5 Å². The van der Waals surface area contributed by atoms with Crippen LogP contribution in [0, 0.1) is 6.92 Å². The van der Waals surface area contributed by atoms with Crippen LogP contribution in [0.5, 0.6) is 0 Å². The molecule has 1 heterocycles. The van der Waals surface area contributed by atoms with Crippen LogP contribution < -0.4 is 5.32 Å². The average Bonchev–Trinajstić information content (AvgIpc) is 2.30. The molecular weight excluding hydrogens is 222 g/mol.